The van der Waals surface area contributed by atoms with Crippen molar-refractivity contribution < 1.29 is 0 Å². The molecule has 0 spiro atoms. The number of nitrogens with zero attached hydrogens (tertiary/aromatic N) is 1. The van der Waals surface area contributed by atoms with Gasteiger partial charge < -0.3 is 0 Å². The lowest BCUT2D eigenvalue weighted by Gasteiger charge is -2.06. The maximum absolute atomic E-state index is 8.61. The number of halogens is 1. The summed E-state index contributed by atoms with van der Waals surface area (Å²) >= 11 is 7.49. The molecule has 1 aromatic rings. The van der Waals surface area contributed by atoms with E-state index in [-0.39, 0.29) is 0 Å². The molecule has 0 fully saturated rings. The Morgan fingerprint density at radius 1 is 1.43 bits per heavy atom. The molecule has 3 heteroatoms. The third-order valence-electron chi connectivity index (χ3n) is 1.78. The minimum absolute atomic E-state index is 0.525. The topological polar surface area (TPSA) is 23.8 Å². The van der Waals surface area contributed by atoms with Gasteiger partial charge in [-0.15, -0.1) is 23.4 Å². The van der Waals surface area contributed by atoms with Gasteiger partial charge in [-0.05, 0) is 30.2 Å². The SMILES string of the molecule is CC(CCl)CSc1ccc(C#N)cc1. The lowest BCUT2D eigenvalue weighted by molar-refractivity contribution is 0.759. The highest BCUT2D eigenvalue weighted by Gasteiger charge is 2.01. The molecule has 1 rings (SSSR count). The number of rotatable bonds is 4. The van der Waals surface area contributed by atoms with Gasteiger partial charge in [-0.25, -0.2) is 0 Å². The van der Waals surface area contributed by atoms with Crippen LogP contribution in [0.5, 0.6) is 0 Å². The van der Waals surface area contributed by atoms with Crippen LogP contribution >= 0.6 is 23.4 Å². The highest BCUT2D eigenvalue weighted by atomic mass is 35.5. The molecular weight excluding hydrogens is 214 g/mol. The Balaban J connectivity index is 2.49. The van der Waals surface area contributed by atoms with E-state index in [1.165, 1.54) is 4.90 Å². The zero-order chi connectivity index (χ0) is 10.4. The Labute approximate surface area is 94.1 Å². The lowest BCUT2D eigenvalue weighted by atomic mass is 10.2. The van der Waals surface area contributed by atoms with Crippen LogP contribution in [0.2, 0.25) is 0 Å². The normalized spacial score (nSPS) is 12.1. The van der Waals surface area contributed by atoms with E-state index in [0.717, 1.165) is 5.75 Å². The van der Waals surface area contributed by atoms with Gasteiger partial charge in [-0.1, -0.05) is 6.92 Å². The largest absolute Gasteiger partial charge is 0.192 e. The van der Waals surface area contributed by atoms with E-state index < -0.39 is 0 Å². The first-order valence-electron chi connectivity index (χ1n) is 4.45. The summed E-state index contributed by atoms with van der Waals surface area (Å²) in [6, 6.07) is 9.73. The fourth-order valence-electron chi connectivity index (χ4n) is 0.909. The van der Waals surface area contributed by atoms with Gasteiger partial charge in [0.05, 0.1) is 11.6 Å². The van der Waals surface area contributed by atoms with Crippen LogP contribution < -0.4 is 0 Å². The van der Waals surface area contributed by atoms with Crippen LogP contribution in [0.4, 0.5) is 0 Å². The summed E-state index contributed by atoms with van der Waals surface area (Å²) in [7, 11) is 0. The molecule has 0 aliphatic rings. The second-order valence-corrected chi connectivity index (χ2v) is 4.61. The van der Waals surface area contributed by atoms with Crippen molar-refractivity contribution in [2.24, 2.45) is 5.92 Å². The van der Waals surface area contributed by atoms with Crippen molar-refractivity contribution in [2.45, 2.75) is 11.8 Å². The van der Waals surface area contributed by atoms with Crippen molar-refractivity contribution in [3.8, 4) is 6.07 Å². The standard InChI is InChI=1S/C11H12ClNS/c1-9(6-12)8-14-11-4-2-10(7-13)3-5-11/h2-5,9H,6,8H2,1H3. The molecule has 74 valence electrons. The summed E-state index contributed by atoms with van der Waals surface area (Å²) in [4.78, 5) is 1.20. The van der Waals surface area contributed by atoms with E-state index in [1.54, 1.807) is 11.8 Å². The van der Waals surface area contributed by atoms with E-state index in [4.69, 9.17) is 16.9 Å². The number of nitriles is 1. The molecule has 0 amide bonds. The first kappa shape index (κ1) is 11.4. The number of hydrogen-bond acceptors (Lipinski definition) is 2. The van der Waals surface area contributed by atoms with Crippen LogP contribution in [0, 0.1) is 17.2 Å². The molecule has 0 bridgehead atoms. The van der Waals surface area contributed by atoms with E-state index >= 15 is 0 Å². The number of benzene rings is 1. The molecule has 0 aliphatic heterocycles. The Morgan fingerprint density at radius 3 is 2.57 bits per heavy atom. The molecule has 0 N–H and O–H groups in total. The molecule has 0 saturated carbocycles. The third kappa shape index (κ3) is 3.61. The van der Waals surface area contributed by atoms with Gasteiger partial charge in [-0.2, -0.15) is 5.26 Å². The van der Waals surface area contributed by atoms with Crippen LogP contribution in [0.1, 0.15) is 12.5 Å². The van der Waals surface area contributed by atoms with Gasteiger partial charge in [0.25, 0.3) is 0 Å². The van der Waals surface area contributed by atoms with Gasteiger partial charge >= 0.3 is 0 Å². The van der Waals surface area contributed by atoms with Crippen LogP contribution in [0.15, 0.2) is 29.2 Å². The highest BCUT2D eigenvalue weighted by molar-refractivity contribution is 7.99. The zero-order valence-electron chi connectivity index (χ0n) is 8.03. The summed E-state index contributed by atoms with van der Waals surface area (Å²) in [5.74, 6) is 2.25. The molecule has 0 heterocycles. The van der Waals surface area contributed by atoms with Gasteiger partial charge in [-0.3, -0.25) is 0 Å². The van der Waals surface area contributed by atoms with Crippen LogP contribution in [-0.2, 0) is 0 Å². The Morgan fingerprint density at radius 2 is 2.07 bits per heavy atom. The van der Waals surface area contributed by atoms with Gasteiger partial charge in [0.2, 0.25) is 0 Å². The second kappa shape index (κ2) is 5.95. The second-order valence-electron chi connectivity index (χ2n) is 3.21. The zero-order valence-corrected chi connectivity index (χ0v) is 9.61. The predicted octanol–water partition coefficient (Wildman–Crippen LogP) is 3.53. The van der Waals surface area contributed by atoms with Crippen LogP contribution in [-0.4, -0.2) is 11.6 Å². The number of alkyl halides is 1. The minimum Gasteiger partial charge on any atom is -0.192 e. The first-order valence-corrected chi connectivity index (χ1v) is 5.97. The maximum atomic E-state index is 8.61. The first-order chi connectivity index (χ1) is 6.76. The molecular formula is C11H12ClNS. The molecule has 1 atom stereocenters. The smallest absolute Gasteiger partial charge is 0.0991 e. The van der Waals surface area contributed by atoms with Gasteiger partial charge in [0.15, 0.2) is 0 Å². The summed E-state index contributed by atoms with van der Waals surface area (Å²) < 4.78 is 0. The third-order valence-corrected chi connectivity index (χ3v) is 3.65. The van der Waals surface area contributed by atoms with Crippen LogP contribution in [0.25, 0.3) is 0 Å². The lowest BCUT2D eigenvalue weighted by Crippen LogP contribution is -1.98. The Kier molecular flexibility index (Phi) is 4.86. The molecule has 1 unspecified atom stereocenters. The molecule has 0 aromatic heterocycles. The van der Waals surface area contributed by atoms with Crippen LogP contribution in [0.3, 0.4) is 0 Å². The van der Waals surface area contributed by atoms with E-state index in [2.05, 4.69) is 13.0 Å². The van der Waals surface area contributed by atoms with Crippen molar-refractivity contribution in [3.63, 3.8) is 0 Å². The average Bonchev–Trinajstić information content (AvgIpc) is 2.26. The molecule has 1 aromatic carbocycles. The summed E-state index contributed by atoms with van der Waals surface area (Å²) in [5.41, 5.74) is 0.708. The van der Waals surface area contributed by atoms with E-state index in [0.29, 0.717) is 17.4 Å². The number of thioether (sulfide) groups is 1. The van der Waals surface area contributed by atoms with Crippen molar-refractivity contribution in [1.29, 1.82) is 5.26 Å². The number of hydrogen-bond donors (Lipinski definition) is 0. The van der Waals surface area contributed by atoms with E-state index in [1.807, 2.05) is 24.3 Å². The molecule has 1 nitrogen and oxygen atoms in total. The quantitative estimate of drug-likeness (QED) is 0.578. The summed E-state index contributed by atoms with van der Waals surface area (Å²) in [6.45, 7) is 2.13. The monoisotopic (exact) mass is 225 g/mol. The molecule has 0 saturated heterocycles. The Bertz CT molecular complexity index is 315. The summed E-state index contributed by atoms with van der Waals surface area (Å²) in [5, 5.41) is 8.61. The van der Waals surface area contributed by atoms with Gasteiger partial charge in [0.1, 0.15) is 0 Å². The van der Waals surface area contributed by atoms with Crippen molar-refractivity contribution in [3.05, 3.63) is 29.8 Å². The maximum Gasteiger partial charge on any atom is 0.0991 e. The van der Waals surface area contributed by atoms with Crippen molar-refractivity contribution in [2.75, 3.05) is 11.6 Å². The average molecular weight is 226 g/mol. The van der Waals surface area contributed by atoms with Gasteiger partial charge in [0, 0.05) is 16.5 Å². The minimum atomic E-state index is 0.525. The summed E-state index contributed by atoms with van der Waals surface area (Å²) in [6.07, 6.45) is 0. The fourth-order valence-corrected chi connectivity index (χ4v) is 2.07. The van der Waals surface area contributed by atoms with Crippen molar-refractivity contribution in [1.82, 2.24) is 0 Å². The molecule has 0 aliphatic carbocycles. The van der Waals surface area contributed by atoms with E-state index in [9.17, 15) is 0 Å². The fraction of sp³-hybridized carbons (Fsp3) is 0.364. The highest BCUT2D eigenvalue weighted by Crippen LogP contribution is 2.21. The molecule has 0 radical (unpaired) electrons. The predicted molar refractivity (Wildman–Crippen MR) is 61.8 cm³/mol. The Hall–Kier alpha value is -0.650. The molecule has 14 heavy (non-hydrogen) atoms. The van der Waals surface area contributed by atoms with Crippen molar-refractivity contribution >= 4 is 23.4 Å².